The first-order valence-electron chi connectivity index (χ1n) is 9.74. The number of nitriles is 1. The molecule has 3 nitrogen and oxygen atoms in total. The zero-order valence-electron chi connectivity index (χ0n) is 17.3. The Morgan fingerprint density at radius 3 is 2.10 bits per heavy atom. The lowest BCUT2D eigenvalue weighted by Crippen LogP contribution is -2.37. The van der Waals surface area contributed by atoms with Crippen molar-refractivity contribution in [2.24, 2.45) is 7.05 Å². The molecule has 3 heteroatoms. The summed E-state index contributed by atoms with van der Waals surface area (Å²) < 4.78 is 4.23. The van der Waals surface area contributed by atoms with Crippen molar-refractivity contribution >= 4 is 0 Å². The molecule has 0 amide bonds. The summed E-state index contributed by atoms with van der Waals surface area (Å²) in [6.07, 6.45) is 4.33. The molecule has 0 aliphatic rings. The summed E-state index contributed by atoms with van der Waals surface area (Å²) in [5.41, 5.74) is 10.3. The van der Waals surface area contributed by atoms with E-state index in [9.17, 15) is 0 Å². The van der Waals surface area contributed by atoms with Gasteiger partial charge in [-0.15, -0.1) is 9.36 Å². The Bertz CT molecular complexity index is 1220. The molecule has 0 saturated heterocycles. The van der Waals surface area contributed by atoms with E-state index in [0.29, 0.717) is 5.56 Å². The van der Waals surface area contributed by atoms with Gasteiger partial charge < -0.3 is 0 Å². The summed E-state index contributed by atoms with van der Waals surface area (Å²) >= 11 is 0. The molecule has 0 bridgehead atoms. The van der Waals surface area contributed by atoms with E-state index >= 15 is 0 Å². The average Bonchev–Trinajstić information content (AvgIpc) is 3.08. The lowest BCUT2D eigenvalue weighted by atomic mass is 9.93. The fourth-order valence-electron chi connectivity index (χ4n) is 4.09. The van der Waals surface area contributed by atoms with E-state index in [-0.39, 0.29) is 0 Å². The van der Waals surface area contributed by atoms with Crippen molar-refractivity contribution in [3.8, 4) is 34.0 Å². The predicted molar refractivity (Wildman–Crippen MR) is 117 cm³/mol. The van der Waals surface area contributed by atoms with E-state index in [1.807, 2.05) is 38.2 Å². The Balaban J connectivity index is 1.79. The molecule has 0 radical (unpaired) electrons. The third-order valence-electron chi connectivity index (χ3n) is 5.43. The minimum atomic E-state index is 0.685. The predicted octanol–water partition coefficient (Wildman–Crippen LogP) is 5.43. The Morgan fingerprint density at radius 2 is 1.48 bits per heavy atom. The van der Waals surface area contributed by atoms with Crippen LogP contribution >= 0.6 is 0 Å². The number of aromatic nitrogens is 2. The number of hydrogen-bond acceptors (Lipinski definition) is 1. The van der Waals surface area contributed by atoms with Crippen molar-refractivity contribution in [3.05, 3.63) is 95.3 Å². The zero-order valence-corrected chi connectivity index (χ0v) is 17.3. The van der Waals surface area contributed by atoms with Crippen LogP contribution in [0, 0.1) is 32.1 Å². The minimum absolute atomic E-state index is 0.685. The largest absolute Gasteiger partial charge is 0.203 e. The molecule has 0 aliphatic carbocycles. The van der Waals surface area contributed by atoms with E-state index in [0.717, 1.165) is 11.3 Å². The Hall–Kier alpha value is -3.64. The first-order chi connectivity index (χ1) is 14.0. The lowest BCUT2D eigenvalue weighted by molar-refractivity contribution is -0.744. The van der Waals surface area contributed by atoms with Crippen molar-refractivity contribution < 1.29 is 4.68 Å². The van der Waals surface area contributed by atoms with Crippen LogP contribution in [0.4, 0.5) is 0 Å². The normalized spacial score (nSPS) is 10.7. The second kappa shape index (κ2) is 7.41. The number of aryl methyl sites for hydroxylation is 4. The monoisotopic (exact) mass is 378 g/mol. The number of hydrogen-bond donors (Lipinski definition) is 0. The number of nitrogens with zero attached hydrogens (tertiary/aromatic N) is 3. The fourth-order valence-corrected chi connectivity index (χ4v) is 4.09. The third-order valence-corrected chi connectivity index (χ3v) is 5.43. The highest BCUT2D eigenvalue weighted by Crippen LogP contribution is 2.32. The van der Waals surface area contributed by atoms with Crippen LogP contribution in [0.2, 0.25) is 0 Å². The van der Waals surface area contributed by atoms with Crippen LogP contribution in [0.5, 0.6) is 0 Å². The maximum atomic E-state index is 9.13. The maximum absolute atomic E-state index is 9.13. The summed E-state index contributed by atoms with van der Waals surface area (Å²) in [6, 6.07) is 23.1. The first-order valence-corrected chi connectivity index (χ1v) is 9.74. The quantitative estimate of drug-likeness (QED) is 0.437. The number of benzene rings is 3. The topological polar surface area (TPSA) is 32.6 Å². The second-order valence-electron chi connectivity index (χ2n) is 7.60. The summed E-state index contributed by atoms with van der Waals surface area (Å²) in [7, 11) is 2.05. The molecule has 0 fully saturated rings. The van der Waals surface area contributed by atoms with Crippen molar-refractivity contribution in [1.29, 1.82) is 5.26 Å². The van der Waals surface area contributed by atoms with Crippen LogP contribution in [0.15, 0.2) is 73.1 Å². The van der Waals surface area contributed by atoms with Crippen molar-refractivity contribution in [3.63, 3.8) is 0 Å². The molecule has 0 unspecified atom stereocenters. The molecule has 1 aromatic heterocycles. The van der Waals surface area contributed by atoms with Crippen LogP contribution in [-0.4, -0.2) is 4.68 Å². The van der Waals surface area contributed by atoms with Crippen LogP contribution < -0.4 is 4.68 Å². The zero-order chi connectivity index (χ0) is 20.5. The molecule has 142 valence electrons. The van der Waals surface area contributed by atoms with E-state index in [4.69, 9.17) is 5.26 Å². The van der Waals surface area contributed by atoms with Crippen LogP contribution in [-0.2, 0) is 7.05 Å². The summed E-state index contributed by atoms with van der Waals surface area (Å²) in [4.78, 5) is 0. The average molecular weight is 378 g/mol. The van der Waals surface area contributed by atoms with Gasteiger partial charge in [0.1, 0.15) is 5.69 Å². The first kappa shape index (κ1) is 18.7. The maximum Gasteiger partial charge on any atom is 0.203 e. The number of rotatable bonds is 3. The molecule has 29 heavy (non-hydrogen) atoms. The molecular formula is C26H24N3+. The molecule has 3 aromatic carbocycles. The van der Waals surface area contributed by atoms with E-state index in [1.54, 1.807) is 0 Å². The van der Waals surface area contributed by atoms with Gasteiger partial charge in [-0.1, -0.05) is 42.5 Å². The highest BCUT2D eigenvalue weighted by Gasteiger charge is 2.18. The molecular weight excluding hydrogens is 354 g/mol. The van der Waals surface area contributed by atoms with E-state index in [1.165, 1.54) is 33.4 Å². The molecule has 4 rings (SSSR count). The van der Waals surface area contributed by atoms with Gasteiger partial charge in [0.25, 0.3) is 0 Å². The molecule has 4 aromatic rings. The second-order valence-corrected chi connectivity index (χ2v) is 7.60. The van der Waals surface area contributed by atoms with Crippen molar-refractivity contribution in [1.82, 2.24) is 4.68 Å². The molecule has 0 atom stereocenters. The van der Waals surface area contributed by atoms with Crippen LogP contribution in [0.25, 0.3) is 27.9 Å². The van der Waals surface area contributed by atoms with Gasteiger partial charge in [0.2, 0.25) is 6.20 Å². The Morgan fingerprint density at radius 1 is 0.793 bits per heavy atom. The molecule has 0 saturated carbocycles. The fraction of sp³-hybridized carbons (Fsp3) is 0.154. The standard InChI is InChI=1S/C26H24N3/c1-18-12-21(15-27)10-11-25(18)29-17-24(16-28(29)4)26-19(2)13-23(14-20(26)3)22-8-6-5-7-9-22/h5-14,16-17H,1-4H3/q+1. The third kappa shape index (κ3) is 3.46. The highest BCUT2D eigenvalue weighted by molar-refractivity contribution is 5.76. The van der Waals surface area contributed by atoms with Crippen LogP contribution in [0.3, 0.4) is 0 Å². The molecule has 1 heterocycles. The van der Waals surface area contributed by atoms with Gasteiger partial charge >= 0.3 is 0 Å². The van der Waals surface area contributed by atoms with Gasteiger partial charge in [0, 0.05) is 0 Å². The summed E-state index contributed by atoms with van der Waals surface area (Å²) in [5, 5.41) is 9.13. The van der Waals surface area contributed by atoms with Gasteiger partial charge in [-0.3, -0.25) is 0 Å². The van der Waals surface area contributed by atoms with Crippen molar-refractivity contribution in [2.45, 2.75) is 20.8 Å². The summed E-state index contributed by atoms with van der Waals surface area (Å²) in [5.74, 6) is 0. The van der Waals surface area contributed by atoms with Crippen LogP contribution in [0.1, 0.15) is 22.3 Å². The molecule has 0 aliphatic heterocycles. The van der Waals surface area contributed by atoms with Gasteiger partial charge in [-0.2, -0.15) is 5.26 Å². The lowest BCUT2D eigenvalue weighted by Gasteiger charge is -2.11. The van der Waals surface area contributed by atoms with Crippen molar-refractivity contribution in [2.75, 3.05) is 0 Å². The van der Waals surface area contributed by atoms with Gasteiger partial charge in [-0.05, 0) is 72.4 Å². The van der Waals surface area contributed by atoms with E-state index < -0.39 is 0 Å². The van der Waals surface area contributed by atoms with Gasteiger partial charge in [0.05, 0.1) is 23.4 Å². The Kier molecular flexibility index (Phi) is 4.78. The SMILES string of the molecule is Cc1cc(C#N)ccc1-n1cc(-c2c(C)cc(-c3ccccc3)cc2C)c[n+]1C. The smallest absolute Gasteiger partial charge is 0.192 e. The van der Waals surface area contributed by atoms with E-state index in [2.05, 4.69) is 78.1 Å². The minimum Gasteiger partial charge on any atom is -0.192 e. The molecule has 0 spiro atoms. The highest BCUT2D eigenvalue weighted by atomic mass is 15.4. The van der Waals surface area contributed by atoms with Gasteiger partial charge in [0.15, 0.2) is 7.05 Å². The Labute approximate surface area is 172 Å². The molecule has 0 N–H and O–H groups in total. The summed E-state index contributed by atoms with van der Waals surface area (Å²) in [6.45, 7) is 6.40. The van der Waals surface area contributed by atoms with Gasteiger partial charge in [-0.25, -0.2) is 0 Å².